The van der Waals surface area contributed by atoms with E-state index in [1.165, 1.54) is 0 Å². The summed E-state index contributed by atoms with van der Waals surface area (Å²) in [5.74, 6) is 0.0852. The molecule has 1 aliphatic heterocycles. The van der Waals surface area contributed by atoms with Crippen LogP contribution in [-0.2, 0) is 15.6 Å². The van der Waals surface area contributed by atoms with E-state index in [0.29, 0.717) is 5.75 Å². The molecule has 2 atom stereocenters. The van der Waals surface area contributed by atoms with Gasteiger partial charge in [0.05, 0.1) is 12.6 Å². The smallest absolute Gasteiger partial charge is 0.324 e. The summed E-state index contributed by atoms with van der Waals surface area (Å²) < 4.78 is 10.9. The number of hydrogen-bond donors (Lipinski definition) is 1. The zero-order valence-electron chi connectivity index (χ0n) is 7.57. The molecule has 1 aliphatic rings. The number of rotatable bonds is 3. The van der Waals surface area contributed by atoms with Crippen molar-refractivity contribution in [1.29, 1.82) is 0 Å². The topological polar surface area (TPSA) is 66.5 Å². The Hall–Kier alpha value is -0.910. The molecule has 5 nitrogen and oxygen atoms in total. The normalized spacial score (nSPS) is 21.5. The molecular weight excluding hydrogens is 192 g/mol. The summed E-state index contributed by atoms with van der Waals surface area (Å²) in [4.78, 5) is 23.4. The highest BCUT2D eigenvalue weighted by molar-refractivity contribution is 7.84. The summed E-state index contributed by atoms with van der Waals surface area (Å²) in [5.41, 5.74) is 0. The number of carbonyl (C=O) groups excluding carboxylic acids is 2. The van der Waals surface area contributed by atoms with Gasteiger partial charge in [0, 0.05) is 22.8 Å². The maximum atomic E-state index is 11.2. The Balaban J connectivity index is 2.64. The van der Waals surface area contributed by atoms with Gasteiger partial charge in [-0.25, -0.2) is 4.79 Å². The van der Waals surface area contributed by atoms with E-state index in [0.717, 1.165) is 4.90 Å². The van der Waals surface area contributed by atoms with Crippen LogP contribution in [0.4, 0.5) is 4.79 Å². The standard InChI is InChI=1S/C7H12N2O3S/c1-5(4-13(2)12)9-6(10)3-8-7(9)11/h5H,3-4H2,1-2H3,(H,8,11). The monoisotopic (exact) mass is 204 g/mol. The van der Waals surface area contributed by atoms with Gasteiger partial charge in [-0.3, -0.25) is 13.9 Å². The quantitative estimate of drug-likeness (QED) is 0.618. The first-order chi connectivity index (χ1) is 6.02. The summed E-state index contributed by atoms with van der Waals surface area (Å²) >= 11 is 0. The third-order valence-electron chi connectivity index (χ3n) is 1.80. The van der Waals surface area contributed by atoms with Crippen molar-refractivity contribution in [3.05, 3.63) is 0 Å². The molecule has 13 heavy (non-hydrogen) atoms. The van der Waals surface area contributed by atoms with Gasteiger partial charge in [-0.05, 0) is 6.92 Å². The van der Waals surface area contributed by atoms with Crippen molar-refractivity contribution in [3.63, 3.8) is 0 Å². The molecule has 0 aliphatic carbocycles. The summed E-state index contributed by atoms with van der Waals surface area (Å²) in [5, 5.41) is 2.41. The predicted octanol–water partition coefficient (Wildman–Crippen LogP) is -0.695. The first-order valence-corrected chi connectivity index (χ1v) is 5.65. The van der Waals surface area contributed by atoms with E-state index in [1.807, 2.05) is 0 Å². The number of urea groups is 1. The molecule has 1 rings (SSSR count). The van der Waals surface area contributed by atoms with Crippen LogP contribution >= 0.6 is 0 Å². The molecule has 1 N–H and O–H groups in total. The Labute approximate surface area is 78.9 Å². The van der Waals surface area contributed by atoms with Crippen LogP contribution < -0.4 is 5.32 Å². The zero-order valence-corrected chi connectivity index (χ0v) is 8.39. The van der Waals surface area contributed by atoms with Gasteiger partial charge in [-0.2, -0.15) is 0 Å². The fourth-order valence-electron chi connectivity index (χ4n) is 1.30. The minimum atomic E-state index is -0.995. The highest BCUT2D eigenvalue weighted by atomic mass is 32.2. The second-order valence-electron chi connectivity index (χ2n) is 3.01. The van der Waals surface area contributed by atoms with Crippen LogP contribution in [0.3, 0.4) is 0 Å². The molecule has 0 aromatic rings. The average molecular weight is 204 g/mol. The van der Waals surface area contributed by atoms with Gasteiger partial charge >= 0.3 is 6.03 Å². The maximum Gasteiger partial charge on any atom is 0.324 e. The molecule has 74 valence electrons. The lowest BCUT2D eigenvalue weighted by Crippen LogP contribution is -2.41. The molecule has 2 unspecified atom stereocenters. The number of amides is 3. The lowest BCUT2D eigenvalue weighted by atomic mass is 10.3. The summed E-state index contributed by atoms with van der Waals surface area (Å²) in [6, 6.07) is -0.677. The van der Waals surface area contributed by atoms with Crippen molar-refractivity contribution in [2.24, 2.45) is 0 Å². The minimum absolute atomic E-state index is 0.0551. The molecule has 1 saturated heterocycles. The lowest BCUT2D eigenvalue weighted by Gasteiger charge is -2.19. The Morgan fingerprint density at radius 1 is 1.62 bits per heavy atom. The van der Waals surface area contributed by atoms with Crippen molar-refractivity contribution < 1.29 is 13.8 Å². The van der Waals surface area contributed by atoms with E-state index in [1.54, 1.807) is 13.2 Å². The van der Waals surface area contributed by atoms with Gasteiger partial charge < -0.3 is 5.32 Å². The number of nitrogens with one attached hydrogen (secondary N) is 1. The van der Waals surface area contributed by atoms with E-state index in [-0.39, 0.29) is 24.5 Å². The van der Waals surface area contributed by atoms with Crippen molar-refractivity contribution >= 4 is 22.7 Å². The van der Waals surface area contributed by atoms with Crippen LogP contribution in [-0.4, -0.2) is 45.6 Å². The van der Waals surface area contributed by atoms with E-state index >= 15 is 0 Å². The van der Waals surface area contributed by atoms with Crippen LogP contribution in [0.25, 0.3) is 0 Å². The van der Waals surface area contributed by atoms with E-state index in [9.17, 15) is 13.8 Å². The Morgan fingerprint density at radius 3 is 2.62 bits per heavy atom. The number of imide groups is 1. The van der Waals surface area contributed by atoms with Crippen LogP contribution in [0.5, 0.6) is 0 Å². The summed E-state index contributed by atoms with van der Waals surface area (Å²) in [7, 11) is -0.995. The second-order valence-corrected chi connectivity index (χ2v) is 4.49. The maximum absolute atomic E-state index is 11.2. The minimum Gasteiger partial charge on any atom is -0.329 e. The predicted molar refractivity (Wildman–Crippen MR) is 48.6 cm³/mol. The molecule has 1 fully saturated rings. The third-order valence-corrected chi connectivity index (χ3v) is 2.75. The first-order valence-electron chi connectivity index (χ1n) is 3.92. The fourth-order valence-corrected chi connectivity index (χ4v) is 2.12. The number of nitrogens with zero attached hydrogens (tertiary/aromatic N) is 1. The largest absolute Gasteiger partial charge is 0.329 e. The fraction of sp³-hybridized carbons (Fsp3) is 0.714. The second kappa shape index (κ2) is 3.87. The number of hydrogen-bond acceptors (Lipinski definition) is 3. The summed E-state index contributed by atoms with van der Waals surface area (Å²) in [6.45, 7) is 1.77. The summed E-state index contributed by atoms with van der Waals surface area (Å²) in [6.07, 6.45) is 1.55. The molecule has 1 heterocycles. The molecule has 0 saturated carbocycles. The van der Waals surface area contributed by atoms with Crippen molar-refractivity contribution in [2.45, 2.75) is 13.0 Å². The van der Waals surface area contributed by atoms with Crippen LogP contribution in [0.2, 0.25) is 0 Å². The molecule has 0 aromatic carbocycles. The SMILES string of the molecule is CC(CS(C)=O)N1C(=O)CNC1=O. The van der Waals surface area contributed by atoms with Crippen molar-refractivity contribution in [3.8, 4) is 0 Å². The molecule has 6 heteroatoms. The van der Waals surface area contributed by atoms with Crippen molar-refractivity contribution in [2.75, 3.05) is 18.6 Å². The van der Waals surface area contributed by atoms with Gasteiger partial charge in [-0.15, -0.1) is 0 Å². The highest BCUT2D eigenvalue weighted by Crippen LogP contribution is 2.06. The van der Waals surface area contributed by atoms with Gasteiger partial charge in [0.15, 0.2) is 0 Å². The van der Waals surface area contributed by atoms with Crippen LogP contribution in [0, 0.1) is 0 Å². The zero-order chi connectivity index (χ0) is 10.0. The average Bonchev–Trinajstić information content (AvgIpc) is 2.29. The van der Waals surface area contributed by atoms with Crippen LogP contribution in [0.15, 0.2) is 0 Å². The molecular formula is C7H12N2O3S. The van der Waals surface area contributed by atoms with E-state index in [2.05, 4.69) is 5.32 Å². The molecule has 0 radical (unpaired) electrons. The Bertz CT molecular complexity index is 250. The molecule has 0 spiro atoms. The molecule has 0 bridgehead atoms. The van der Waals surface area contributed by atoms with Gasteiger partial charge in [0.2, 0.25) is 5.91 Å². The van der Waals surface area contributed by atoms with Gasteiger partial charge in [0.25, 0.3) is 0 Å². The molecule has 0 aromatic heterocycles. The van der Waals surface area contributed by atoms with Crippen LogP contribution in [0.1, 0.15) is 6.92 Å². The van der Waals surface area contributed by atoms with E-state index in [4.69, 9.17) is 0 Å². The van der Waals surface area contributed by atoms with Gasteiger partial charge in [-0.1, -0.05) is 0 Å². The Morgan fingerprint density at radius 2 is 2.23 bits per heavy atom. The highest BCUT2D eigenvalue weighted by Gasteiger charge is 2.32. The lowest BCUT2D eigenvalue weighted by molar-refractivity contribution is -0.126. The number of carbonyl (C=O) groups is 2. The van der Waals surface area contributed by atoms with Crippen molar-refractivity contribution in [1.82, 2.24) is 10.2 Å². The van der Waals surface area contributed by atoms with Gasteiger partial charge in [0.1, 0.15) is 0 Å². The van der Waals surface area contributed by atoms with E-state index < -0.39 is 10.8 Å². The first kappa shape index (κ1) is 10.2. The third kappa shape index (κ3) is 2.27. The Kier molecular flexibility index (Phi) is 3.02. The molecule has 3 amide bonds.